The molecule has 4 heteroatoms. The number of aromatic nitrogens is 1. The fourth-order valence-electron chi connectivity index (χ4n) is 4.75. The summed E-state index contributed by atoms with van der Waals surface area (Å²) in [5, 5.41) is 1.88. The van der Waals surface area contributed by atoms with Crippen LogP contribution in [0.2, 0.25) is 5.02 Å². The first-order valence-electron chi connectivity index (χ1n) is 11.2. The van der Waals surface area contributed by atoms with Crippen LogP contribution in [0, 0.1) is 11.8 Å². The van der Waals surface area contributed by atoms with Crippen LogP contribution >= 0.6 is 11.6 Å². The minimum Gasteiger partial charge on any atom is -0.466 e. The second-order valence-corrected chi connectivity index (χ2v) is 8.94. The van der Waals surface area contributed by atoms with Gasteiger partial charge in [-0.2, -0.15) is 0 Å². The van der Waals surface area contributed by atoms with Gasteiger partial charge in [0.05, 0.1) is 18.6 Å². The van der Waals surface area contributed by atoms with Crippen molar-refractivity contribution >= 4 is 28.5 Å². The molecular weight excluding hydrogens is 418 g/mol. The van der Waals surface area contributed by atoms with Crippen LogP contribution in [0.25, 0.3) is 10.9 Å². The predicted octanol–water partition coefficient (Wildman–Crippen LogP) is 6.67. The molecule has 2 unspecified atom stereocenters. The smallest absolute Gasteiger partial charge is 0.309 e. The molecule has 0 saturated heterocycles. The minimum absolute atomic E-state index is 0.0200. The van der Waals surface area contributed by atoms with Crippen molar-refractivity contribution in [2.24, 2.45) is 11.8 Å². The van der Waals surface area contributed by atoms with E-state index in [1.807, 2.05) is 25.1 Å². The van der Waals surface area contributed by atoms with Gasteiger partial charge in [0.15, 0.2) is 0 Å². The van der Waals surface area contributed by atoms with Crippen LogP contribution in [0.15, 0.2) is 85.1 Å². The number of nitrogens with zero attached hydrogens (tertiary/aromatic N) is 1. The zero-order chi connectivity index (χ0) is 22.1. The summed E-state index contributed by atoms with van der Waals surface area (Å²) < 4.78 is 7.59. The fourth-order valence-corrected chi connectivity index (χ4v) is 4.92. The first-order chi connectivity index (χ1) is 15.7. The molecule has 0 radical (unpaired) electrons. The molecule has 4 aromatic rings. The van der Waals surface area contributed by atoms with Gasteiger partial charge in [-0.3, -0.25) is 4.79 Å². The van der Waals surface area contributed by atoms with E-state index in [1.54, 1.807) is 0 Å². The van der Waals surface area contributed by atoms with Crippen LogP contribution in [0.3, 0.4) is 0 Å². The highest BCUT2D eigenvalue weighted by Gasteiger charge is 2.44. The summed E-state index contributed by atoms with van der Waals surface area (Å²) in [6, 6.07) is 27.3. The number of hydrogen-bond acceptors (Lipinski definition) is 2. The summed E-state index contributed by atoms with van der Waals surface area (Å²) in [7, 11) is 0. The van der Waals surface area contributed by atoms with Crippen molar-refractivity contribution in [1.29, 1.82) is 0 Å². The van der Waals surface area contributed by atoms with E-state index >= 15 is 0 Å². The number of fused-ring (bicyclic) bond motifs is 1. The molecule has 0 amide bonds. The Morgan fingerprint density at radius 2 is 1.69 bits per heavy atom. The molecule has 1 aromatic heterocycles. The number of esters is 1. The normalized spacial score (nSPS) is 17.6. The van der Waals surface area contributed by atoms with Gasteiger partial charge in [0.1, 0.15) is 0 Å². The van der Waals surface area contributed by atoms with Crippen LogP contribution in [0.1, 0.15) is 36.1 Å². The summed E-state index contributed by atoms with van der Waals surface area (Å²) in [5.74, 6) is 0.288. The van der Waals surface area contributed by atoms with Crippen molar-refractivity contribution in [3.63, 3.8) is 0 Å². The maximum absolute atomic E-state index is 12.2. The standard InChI is InChI=1S/C28H26ClNO2/c1-2-32-28(31)25-16-21(25)15-22-18-30(26-14-13-23(29)17-24(22)26)27(19-9-5-3-6-10-19)20-11-7-4-8-12-20/h3-14,17-18,21,25,27H,2,15-16H2,1H3. The molecule has 0 N–H and O–H groups in total. The molecular formula is C28H26ClNO2. The fraction of sp³-hybridized carbons (Fsp3) is 0.250. The molecule has 1 aliphatic carbocycles. The Morgan fingerprint density at radius 1 is 1.03 bits per heavy atom. The molecule has 3 nitrogen and oxygen atoms in total. The van der Waals surface area contributed by atoms with E-state index in [9.17, 15) is 4.79 Å². The lowest BCUT2D eigenvalue weighted by Gasteiger charge is -2.21. The third kappa shape index (κ3) is 4.05. The Morgan fingerprint density at radius 3 is 2.31 bits per heavy atom. The zero-order valence-electron chi connectivity index (χ0n) is 18.1. The number of halogens is 1. The molecule has 5 rings (SSSR count). The molecule has 1 fully saturated rings. The van der Waals surface area contributed by atoms with Crippen LogP contribution in [0.5, 0.6) is 0 Å². The average molecular weight is 444 g/mol. The first-order valence-corrected chi connectivity index (χ1v) is 11.6. The molecule has 0 aliphatic heterocycles. The first kappa shape index (κ1) is 20.8. The molecule has 32 heavy (non-hydrogen) atoms. The van der Waals surface area contributed by atoms with Gasteiger partial charge >= 0.3 is 5.97 Å². The van der Waals surface area contributed by atoms with Gasteiger partial charge in [0.2, 0.25) is 0 Å². The van der Waals surface area contributed by atoms with Crippen LogP contribution < -0.4 is 0 Å². The number of rotatable bonds is 7. The van der Waals surface area contributed by atoms with E-state index < -0.39 is 0 Å². The highest BCUT2D eigenvalue weighted by molar-refractivity contribution is 6.31. The van der Waals surface area contributed by atoms with Crippen molar-refractivity contribution in [1.82, 2.24) is 4.57 Å². The number of ether oxygens (including phenoxy) is 1. The quantitative estimate of drug-likeness (QED) is 0.298. The Labute approximate surface area is 193 Å². The van der Waals surface area contributed by atoms with Crippen molar-refractivity contribution in [2.75, 3.05) is 6.61 Å². The maximum atomic E-state index is 12.2. The topological polar surface area (TPSA) is 31.2 Å². The van der Waals surface area contributed by atoms with Crippen molar-refractivity contribution in [2.45, 2.75) is 25.8 Å². The van der Waals surface area contributed by atoms with Crippen molar-refractivity contribution < 1.29 is 9.53 Å². The zero-order valence-corrected chi connectivity index (χ0v) is 18.8. The SMILES string of the molecule is CCOC(=O)C1CC1Cc1cn(C(c2ccccc2)c2ccccc2)c2ccc(Cl)cc12. The van der Waals surface area contributed by atoms with Crippen LogP contribution in [0.4, 0.5) is 0 Å². The predicted molar refractivity (Wildman–Crippen MR) is 129 cm³/mol. The van der Waals surface area contributed by atoms with E-state index in [4.69, 9.17) is 16.3 Å². The Balaban J connectivity index is 1.58. The second-order valence-electron chi connectivity index (χ2n) is 8.51. The summed E-state index contributed by atoms with van der Waals surface area (Å²) in [5.41, 5.74) is 4.84. The lowest BCUT2D eigenvalue weighted by atomic mass is 9.98. The highest BCUT2D eigenvalue weighted by atomic mass is 35.5. The number of hydrogen-bond donors (Lipinski definition) is 0. The molecule has 1 heterocycles. The average Bonchev–Trinajstić information content (AvgIpc) is 3.51. The van der Waals surface area contributed by atoms with Gasteiger partial charge < -0.3 is 9.30 Å². The third-order valence-corrected chi connectivity index (χ3v) is 6.62. The van der Waals surface area contributed by atoms with E-state index in [0.29, 0.717) is 12.5 Å². The second kappa shape index (κ2) is 8.84. The van der Waals surface area contributed by atoms with Crippen molar-refractivity contribution in [3.05, 3.63) is 107 Å². The van der Waals surface area contributed by atoms with Gasteiger partial charge in [-0.1, -0.05) is 72.3 Å². The molecule has 0 spiro atoms. The van der Waals surface area contributed by atoms with Crippen molar-refractivity contribution in [3.8, 4) is 0 Å². The third-order valence-electron chi connectivity index (χ3n) is 6.38. The number of carbonyl (C=O) groups excluding carboxylic acids is 1. The van der Waals surface area contributed by atoms with E-state index in [1.165, 1.54) is 16.7 Å². The molecule has 3 aromatic carbocycles. The monoisotopic (exact) mass is 443 g/mol. The Bertz CT molecular complexity index is 1190. The molecule has 0 bridgehead atoms. The van der Waals surface area contributed by atoms with Gasteiger partial charge in [-0.05, 0) is 60.6 Å². The van der Waals surface area contributed by atoms with Gasteiger partial charge in [-0.25, -0.2) is 0 Å². The summed E-state index contributed by atoms with van der Waals surface area (Å²) in [6.45, 7) is 2.30. The maximum Gasteiger partial charge on any atom is 0.309 e. The summed E-state index contributed by atoms with van der Waals surface area (Å²) in [4.78, 5) is 12.2. The molecule has 1 aliphatic rings. The lowest BCUT2D eigenvalue weighted by Crippen LogP contribution is -2.11. The number of benzene rings is 3. The Kier molecular flexibility index (Phi) is 5.75. The van der Waals surface area contributed by atoms with Gasteiger partial charge in [0, 0.05) is 22.1 Å². The molecule has 2 atom stereocenters. The van der Waals surface area contributed by atoms with Crippen LogP contribution in [-0.4, -0.2) is 17.1 Å². The molecule has 162 valence electrons. The van der Waals surface area contributed by atoms with Gasteiger partial charge in [-0.15, -0.1) is 0 Å². The minimum atomic E-state index is -0.0641. The Hall–Kier alpha value is -3.04. The van der Waals surface area contributed by atoms with Crippen LogP contribution in [-0.2, 0) is 16.0 Å². The van der Waals surface area contributed by atoms with E-state index in [-0.39, 0.29) is 17.9 Å². The number of carbonyl (C=O) groups is 1. The van der Waals surface area contributed by atoms with Gasteiger partial charge in [0.25, 0.3) is 0 Å². The summed E-state index contributed by atoms with van der Waals surface area (Å²) >= 11 is 6.40. The summed E-state index contributed by atoms with van der Waals surface area (Å²) in [6.07, 6.45) is 4.00. The van der Waals surface area contributed by atoms with E-state index in [2.05, 4.69) is 71.4 Å². The molecule has 1 saturated carbocycles. The lowest BCUT2D eigenvalue weighted by molar-refractivity contribution is -0.145. The highest BCUT2D eigenvalue weighted by Crippen LogP contribution is 2.44. The van der Waals surface area contributed by atoms with E-state index in [0.717, 1.165) is 28.8 Å². The largest absolute Gasteiger partial charge is 0.466 e.